The number of aromatic hydroxyl groups is 1. The van der Waals surface area contributed by atoms with Crippen LogP contribution < -0.4 is 5.32 Å². The Hall–Kier alpha value is -3.49. The number of carbonyl (C=O) groups excluding carboxylic acids is 1. The van der Waals surface area contributed by atoms with Crippen LogP contribution in [-0.2, 0) is 4.79 Å². The van der Waals surface area contributed by atoms with E-state index in [2.05, 4.69) is 5.32 Å². The number of phenols is 1. The van der Waals surface area contributed by atoms with Crippen LogP contribution in [0.3, 0.4) is 0 Å². The van der Waals surface area contributed by atoms with Gasteiger partial charge < -0.3 is 15.0 Å². The van der Waals surface area contributed by atoms with Gasteiger partial charge in [-0.15, -0.1) is 0 Å². The highest BCUT2D eigenvalue weighted by molar-refractivity contribution is 6.30. The van der Waals surface area contributed by atoms with Crippen molar-refractivity contribution in [2.45, 2.75) is 0 Å². The number of nitrogens with zero attached hydrogens (tertiary/aromatic N) is 2. The fourth-order valence-electron chi connectivity index (χ4n) is 2.39. The largest absolute Gasteiger partial charge is 0.508 e. The number of amides is 1. The molecule has 128 valence electrons. The first kappa shape index (κ1) is 17.3. The third-order valence-electron chi connectivity index (χ3n) is 3.67. The second kappa shape index (κ2) is 7.60. The van der Waals surface area contributed by atoms with E-state index >= 15 is 0 Å². The summed E-state index contributed by atoms with van der Waals surface area (Å²) in [7, 11) is 0. The maximum Gasteiger partial charge on any atom is 0.266 e. The molecular formula is C20H14ClN3O2. The number of benzene rings is 2. The minimum atomic E-state index is -0.506. The van der Waals surface area contributed by atoms with Crippen molar-refractivity contribution in [3.05, 3.63) is 83.2 Å². The van der Waals surface area contributed by atoms with Gasteiger partial charge in [-0.25, -0.2) is 0 Å². The van der Waals surface area contributed by atoms with E-state index in [1.807, 2.05) is 22.9 Å². The molecule has 5 nitrogen and oxygen atoms in total. The molecule has 3 aromatic rings. The number of halogens is 1. The molecule has 0 atom stereocenters. The summed E-state index contributed by atoms with van der Waals surface area (Å²) in [6, 6.07) is 18.8. The van der Waals surface area contributed by atoms with Gasteiger partial charge >= 0.3 is 0 Å². The Bertz CT molecular complexity index is 997. The first-order valence-electron chi connectivity index (χ1n) is 7.72. The Kier molecular flexibility index (Phi) is 5.07. The van der Waals surface area contributed by atoms with E-state index in [-0.39, 0.29) is 11.3 Å². The van der Waals surface area contributed by atoms with E-state index in [0.29, 0.717) is 16.4 Å². The summed E-state index contributed by atoms with van der Waals surface area (Å²) in [6.45, 7) is 0. The number of nitrogens with one attached hydrogen (secondary N) is 1. The minimum absolute atomic E-state index is 0.0290. The van der Waals surface area contributed by atoms with Crippen LogP contribution in [0.5, 0.6) is 5.75 Å². The van der Waals surface area contributed by atoms with Crippen molar-refractivity contribution in [2.24, 2.45) is 0 Å². The molecule has 0 spiro atoms. The van der Waals surface area contributed by atoms with Gasteiger partial charge in [-0.2, -0.15) is 5.26 Å². The lowest BCUT2D eigenvalue weighted by atomic mass is 10.2. The van der Waals surface area contributed by atoms with Crippen molar-refractivity contribution >= 4 is 29.3 Å². The normalized spacial score (nSPS) is 11.0. The fraction of sp³-hybridized carbons (Fsp3) is 0. The summed E-state index contributed by atoms with van der Waals surface area (Å²) in [5.41, 5.74) is 1.99. The number of phenolic OH excluding ortho intramolecular Hbond substituents is 1. The van der Waals surface area contributed by atoms with Crippen LogP contribution in [0, 0.1) is 11.3 Å². The second-order valence-electron chi connectivity index (χ2n) is 5.45. The summed E-state index contributed by atoms with van der Waals surface area (Å²) in [5, 5.41) is 22.0. The third kappa shape index (κ3) is 3.94. The Labute approximate surface area is 155 Å². The molecule has 0 aliphatic heterocycles. The molecule has 0 bridgehead atoms. The van der Waals surface area contributed by atoms with Gasteiger partial charge in [0.2, 0.25) is 0 Å². The Morgan fingerprint density at radius 3 is 2.46 bits per heavy atom. The molecule has 0 unspecified atom stereocenters. The van der Waals surface area contributed by atoms with Crippen molar-refractivity contribution in [1.29, 1.82) is 5.26 Å². The standard InChI is InChI=1S/C20H14ClN3O2/c21-15-3-5-16(6-4-15)23-20(26)14(13-22)12-18-2-1-11-24(18)17-7-9-19(25)10-8-17/h1-12,25H,(H,23,26)/b14-12-. The van der Waals surface area contributed by atoms with Gasteiger partial charge in [0.15, 0.2) is 0 Å². The van der Waals surface area contributed by atoms with Crippen LogP contribution in [-0.4, -0.2) is 15.6 Å². The Balaban J connectivity index is 1.87. The van der Waals surface area contributed by atoms with Gasteiger partial charge in [0.25, 0.3) is 5.91 Å². The molecule has 3 rings (SSSR count). The zero-order valence-corrected chi connectivity index (χ0v) is 14.3. The molecule has 6 heteroatoms. The topological polar surface area (TPSA) is 78.1 Å². The number of hydrogen-bond acceptors (Lipinski definition) is 3. The van der Waals surface area contributed by atoms with Crippen molar-refractivity contribution in [3.63, 3.8) is 0 Å². The smallest absolute Gasteiger partial charge is 0.266 e. The van der Waals surface area contributed by atoms with Crippen LogP contribution in [0.1, 0.15) is 5.69 Å². The maximum atomic E-state index is 12.4. The lowest BCUT2D eigenvalue weighted by Crippen LogP contribution is -2.13. The third-order valence-corrected chi connectivity index (χ3v) is 3.92. The summed E-state index contributed by atoms with van der Waals surface area (Å²) >= 11 is 5.82. The molecular weight excluding hydrogens is 350 g/mol. The molecule has 0 radical (unpaired) electrons. The first-order chi connectivity index (χ1) is 12.6. The summed E-state index contributed by atoms with van der Waals surface area (Å²) in [4.78, 5) is 12.4. The van der Waals surface area contributed by atoms with Gasteiger partial charge in [0, 0.05) is 28.3 Å². The van der Waals surface area contributed by atoms with Crippen LogP contribution in [0.2, 0.25) is 5.02 Å². The number of hydrogen-bond donors (Lipinski definition) is 2. The molecule has 2 N–H and O–H groups in total. The zero-order chi connectivity index (χ0) is 18.5. The zero-order valence-electron chi connectivity index (χ0n) is 13.6. The van der Waals surface area contributed by atoms with Crippen molar-refractivity contribution in [3.8, 4) is 17.5 Å². The Morgan fingerprint density at radius 1 is 1.12 bits per heavy atom. The molecule has 1 aromatic heterocycles. The van der Waals surface area contributed by atoms with Gasteiger partial charge in [-0.1, -0.05) is 11.6 Å². The van der Waals surface area contributed by atoms with E-state index in [0.717, 1.165) is 5.69 Å². The molecule has 1 heterocycles. The molecule has 0 aliphatic carbocycles. The number of rotatable bonds is 4. The predicted octanol–water partition coefficient (Wildman–Crippen LogP) is 4.38. The van der Waals surface area contributed by atoms with Crippen molar-refractivity contribution in [2.75, 3.05) is 5.32 Å². The SMILES string of the molecule is N#C/C(=C/c1cccn1-c1ccc(O)cc1)C(=O)Nc1ccc(Cl)cc1. The fourth-order valence-corrected chi connectivity index (χ4v) is 2.51. The molecule has 0 fully saturated rings. The monoisotopic (exact) mass is 363 g/mol. The van der Waals surface area contributed by atoms with E-state index < -0.39 is 5.91 Å². The summed E-state index contributed by atoms with van der Waals surface area (Å²) in [6.07, 6.45) is 3.32. The average molecular weight is 364 g/mol. The molecule has 0 saturated carbocycles. The van der Waals surface area contributed by atoms with Crippen LogP contribution in [0.25, 0.3) is 11.8 Å². The minimum Gasteiger partial charge on any atom is -0.508 e. The van der Waals surface area contributed by atoms with Gasteiger partial charge in [0.05, 0.1) is 0 Å². The van der Waals surface area contributed by atoms with Crippen LogP contribution in [0.15, 0.2) is 72.4 Å². The van der Waals surface area contributed by atoms with E-state index in [1.165, 1.54) is 6.08 Å². The predicted molar refractivity (Wildman–Crippen MR) is 101 cm³/mol. The van der Waals surface area contributed by atoms with Gasteiger partial charge in [0.1, 0.15) is 17.4 Å². The average Bonchev–Trinajstić information content (AvgIpc) is 3.10. The van der Waals surface area contributed by atoms with E-state index in [1.54, 1.807) is 54.6 Å². The quantitative estimate of drug-likeness (QED) is 0.533. The molecule has 0 aliphatic rings. The highest BCUT2D eigenvalue weighted by Crippen LogP contribution is 2.19. The molecule has 0 saturated heterocycles. The van der Waals surface area contributed by atoms with Crippen molar-refractivity contribution in [1.82, 2.24) is 4.57 Å². The lowest BCUT2D eigenvalue weighted by molar-refractivity contribution is -0.112. The second-order valence-corrected chi connectivity index (χ2v) is 5.89. The molecule has 26 heavy (non-hydrogen) atoms. The molecule has 2 aromatic carbocycles. The summed E-state index contributed by atoms with van der Waals surface area (Å²) in [5.74, 6) is -0.341. The number of nitriles is 1. The number of anilines is 1. The van der Waals surface area contributed by atoms with E-state index in [4.69, 9.17) is 11.6 Å². The highest BCUT2D eigenvalue weighted by Gasteiger charge is 2.11. The highest BCUT2D eigenvalue weighted by atomic mass is 35.5. The maximum absolute atomic E-state index is 12.4. The number of aromatic nitrogens is 1. The number of carbonyl (C=O) groups is 1. The lowest BCUT2D eigenvalue weighted by Gasteiger charge is -2.08. The van der Waals surface area contributed by atoms with E-state index in [9.17, 15) is 15.2 Å². The van der Waals surface area contributed by atoms with Crippen LogP contribution >= 0.6 is 11.6 Å². The Morgan fingerprint density at radius 2 is 1.81 bits per heavy atom. The summed E-state index contributed by atoms with van der Waals surface area (Å²) < 4.78 is 1.81. The van der Waals surface area contributed by atoms with Crippen LogP contribution in [0.4, 0.5) is 5.69 Å². The van der Waals surface area contributed by atoms with Crippen molar-refractivity contribution < 1.29 is 9.90 Å². The molecule has 1 amide bonds. The van der Waals surface area contributed by atoms with Gasteiger partial charge in [-0.05, 0) is 66.7 Å². The first-order valence-corrected chi connectivity index (χ1v) is 8.10. The van der Waals surface area contributed by atoms with Gasteiger partial charge in [-0.3, -0.25) is 4.79 Å².